The largest absolute Gasteiger partial charge is 0.289 e. The fraction of sp³-hybridized carbons (Fsp3) is 0.600. The van der Waals surface area contributed by atoms with Crippen LogP contribution in [0.5, 0.6) is 0 Å². The molecule has 0 aliphatic carbocycles. The smallest absolute Gasteiger partial charge is 0.207 e. The van der Waals surface area contributed by atoms with Crippen molar-refractivity contribution in [1.29, 1.82) is 0 Å². The summed E-state index contributed by atoms with van der Waals surface area (Å²) in [4.78, 5) is 3.77. The van der Waals surface area contributed by atoms with Crippen LogP contribution in [-0.4, -0.2) is 17.8 Å². The molecule has 0 aromatic carbocycles. The lowest BCUT2D eigenvalue weighted by Gasteiger charge is -1.93. The number of halogens is 1. The van der Waals surface area contributed by atoms with Crippen molar-refractivity contribution in [2.75, 3.05) is 0 Å². The Hall–Kier alpha value is -0.200. The summed E-state index contributed by atoms with van der Waals surface area (Å²) in [7, 11) is 1.36. The van der Waals surface area contributed by atoms with Crippen LogP contribution < -0.4 is 0 Å². The molecule has 1 heterocycles. The second-order valence-corrected chi connectivity index (χ2v) is 6.00. The molecule has 0 radical (unpaired) electrons. The summed E-state index contributed by atoms with van der Waals surface area (Å²) >= 11 is 0.804. The predicted octanol–water partition coefficient (Wildman–Crippen LogP) is 1.59. The average Bonchev–Trinajstić information content (AvgIpc) is 2.30. The fourth-order valence-corrected chi connectivity index (χ4v) is 2.14. The minimum Gasteiger partial charge on any atom is -0.207 e. The minimum atomic E-state index is -3.70. The number of hydrogen-bond donors (Lipinski definition) is 0. The first-order chi connectivity index (χ1) is 5.41. The lowest BCUT2D eigenvalue weighted by atomic mass is 10.2. The van der Waals surface area contributed by atoms with Crippen LogP contribution in [0.1, 0.15) is 25.6 Å². The molecule has 1 aromatic rings. The second kappa shape index (κ2) is 3.27. The van der Waals surface area contributed by atoms with Gasteiger partial charge in [0.2, 0.25) is 4.34 Å². The predicted molar refractivity (Wildman–Crippen MR) is 47.0 cm³/mol. The molecule has 12 heavy (non-hydrogen) atoms. The highest BCUT2D eigenvalue weighted by molar-refractivity contribution is 8.14. The summed E-state index contributed by atoms with van der Waals surface area (Å²) in [5.41, 5.74) is 0. The van der Waals surface area contributed by atoms with E-state index in [9.17, 15) is 8.42 Å². The van der Waals surface area contributed by atoms with Crippen LogP contribution in [-0.2, 0) is 9.05 Å². The summed E-state index contributed by atoms with van der Waals surface area (Å²) in [5, 5.41) is 0. The Balaban J connectivity index is 3.09. The van der Waals surface area contributed by atoms with Crippen LogP contribution in [0.25, 0.3) is 0 Å². The Morgan fingerprint density at radius 2 is 2.08 bits per heavy atom. The molecule has 0 spiro atoms. The van der Waals surface area contributed by atoms with Gasteiger partial charge in [0, 0.05) is 16.6 Å². The quantitative estimate of drug-likeness (QED) is 0.719. The Labute approximate surface area is 79.2 Å². The average molecular weight is 227 g/mol. The highest BCUT2D eigenvalue weighted by Gasteiger charge is 2.17. The van der Waals surface area contributed by atoms with Gasteiger partial charge in [0.15, 0.2) is 0 Å². The number of nitrogens with zero attached hydrogens (tertiary/aromatic N) is 2. The normalized spacial score (nSPS) is 12.3. The molecular weight excluding hydrogens is 220 g/mol. The fourth-order valence-electron chi connectivity index (χ4n) is 0.554. The van der Waals surface area contributed by atoms with Gasteiger partial charge >= 0.3 is 0 Å². The Kier molecular flexibility index (Phi) is 2.70. The van der Waals surface area contributed by atoms with Crippen molar-refractivity contribution >= 4 is 31.3 Å². The zero-order valence-corrected chi connectivity index (χ0v) is 8.87. The monoisotopic (exact) mass is 226 g/mol. The van der Waals surface area contributed by atoms with Gasteiger partial charge in [-0.3, -0.25) is 0 Å². The summed E-state index contributed by atoms with van der Waals surface area (Å²) in [6.45, 7) is 3.76. The van der Waals surface area contributed by atoms with Crippen LogP contribution in [0, 0.1) is 0 Å². The SMILES string of the molecule is CC(C)c1nsc(S(=O)(=O)Cl)n1. The highest BCUT2D eigenvalue weighted by atomic mass is 35.7. The first kappa shape index (κ1) is 9.88. The summed E-state index contributed by atoms with van der Waals surface area (Å²) < 4.78 is 25.2. The number of aromatic nitrogens is 2. The van der Waals surface area contributed by atoms with E-state index in [0.717, 1.165) is 11.5 Å². The van der Waals surface area contributed by atoms with E-state index in [1.807, 2.05) is 13.8 Å². The van der Waals surface area contributed by atoms with E-state index in [1.54, 1.807) is 0 Å². The van der Waals surface area contributed by atoms with Gasteiger partial charge in [-0.05, 0) is 11.5 Å². The second-order valence-electron chi connectivity index (χ2n) is 2.51. The van der Waals surface area contributed by atoms with E-state index in [1.165, 1.54) is 0 Å². The molecule has 0 amide bonds. The molecule has 0 aliphatic heterocycles. The maximum atomic E-state index is 10.7. The Morgan fingerprint density at radius 3 is 2.33 bits per heavy atom. The van der Waals surface area contributed by atoms with E-state index < -0.39 is 9.05 Å². The lowest BCUT2D eigenvalue weighted by molar-refractivity contribution is 0.608. The van der Waals surface area contributed by atoms with Gasteiger partial charge in [0.05, 0.1) is 0 Å². The molecule has 0 N–H and O–H groups in total. The lowest BCUT2D eigenvalue weighted by Crippen LogP contribution is -1.93. The van der Waals surface area contributed by atoms with Crippen molar-refractivity contribution in [3.05, 3.63) is 5.82 Å². The topological polar surface area (TPSA) is 59.9 Å². The van der Waals surface area contributed by atoms with Gasteiger partial charge in [0.1, 0.15) is 5.82 Å². The molecule has 68 valence electrons. The third-order valence-corrected chi connectivity index (χ3v) is 3.78. The third-order valence-electron chi connectivity index (χ3n) is 1.15. The highest BCUT2D eigenvalue weighted by Crippen LogP contribution is 2.20. The van der Waals surface area contributed by atoms with Crippen LogP contribution in [0.4, 0.5) is 0 Å². The first-order valence-corrected chi connectivity index (χ1v) is 6.28. The molecule has 0 fully saturated rings. The summed E-state index contributed by atoms with van der Waals surface area (Å²) in [5.74, 6) is 0.632. The van der Waals surface area contributed by atoms with Gasteiger partial charge in [-0.25, -0.2) is 13.4 Å². The van der Waals surface area contributed by atoms with Crippen LogP contribution >= 0.6 is 22.2 Å². The molecule has 4 nitrogen and oxygen atoms in total. The molecule has 0 saturated heterocycles. The van der Waals surface area contributed by atoms with Crippen molar-refractivity contribution in [1.82, 2.24) is 9.36 Å². The third kappa shape index (κ3) is 2.15. The van der Waals surface area contributed by atoms with Crippen LogP contribution in [0.2, 0.25) is 0 Å². The summed E-state index contributed by atoms with van der Waals surface area (Å²) in [6, 6.07) is 0. The molecule has 1 aromatic heterocycles. The molecule has 1 rings (SSSR count). The summed E-state index contributed by atoms with van der Waals surface area (Å²) in [6.07, 6.45) is 0. The molecule has 0 aliphatic rings. The molecule has 0 atom stereocenters. The maximum absolute atomic E-state index is 10.7. The van der Waals surface area contributed by atoms with E-state index in [2.05, 4.69) is 9.36 Å². The van der Waals surface area contributed by atoms with Crippen molar-refractivity contribution in [3.63, 3.8) is 0 Å². The molecule has 0 bridgehead atoms. The Morgan fingerprint density at radius 1 is 1.50 bits per heavy atom. The van der Waals surface area contributed by atoms with Crippen molar-refractivity contribution in [2.45, 2.75) is 24.1 Å². The van der Waals surface area contributed by atoms with E-state index in [-0.39, 0.29) is 10.3 Å². The minimum absolute atomic E-state index is 0.119. The van der Waals surface area contributed by atoms with Gasteiger partial charge in [0.25, 0.3) is 9.05 Å². The standard InChI is InChI=1S/C5H7ClN2O2S2/c1-3(2)4-7-5(11-8-4)12(6,9)10/h3H,1-2H3. The van der Waals surface area contributed by atoms with E-state index in [0.29, 0.717) is 5.82 Å². The van der Waals surface area contributed by atoms with Gasteiger partial charge in [-0.1, -0.05) is 13.8 Å². The molecule has 0 saturated carbocycles. The molecular formula is C5H7ClN2O2S2. The Bertz CT molecular complexity index is 371. The van der Waals surface area contributed by atoms with Crippen LogP contribution in [0.3, 0.4) is 0 Å². The van der Waals surface area contributed by atoms with Gasteiger partial charge in [-0.15, -0.1) is 0 Å². The van der Waals surface area contributed by atoms with Crippen LogP contribution in [0.15, 0.2) is 4.34 Å². The molecule has 0 unspecified atom stereocenters. The zero-order valence-electron chi connectivity index (χ0n) is 6.48. The number of hydrogen-bond acceptors (Lipinski definition) is 5. The van der Waals surface area contributed by atoms with Crippen molar-refractivity contribution < 1.29 is 8.42 Å². The van der Waals surface area contributed by atoms with Crippen molar-refractivity contribution in [3.8, 4) is 0 Å². The zero-order chi connectivity index (χ0) is 9.35. The van der Waals surface area contributed by atoms with E-state index in [4.69, 9.17) is 10.7 Å². The van der Waals surface area contributed by atoms with E-state index >= 15 is 0 Å². The number of rotatable bonds is 2. The van der Waals surface area contributed by atoms with Gasteiger partial charge in [-0.2, -0.15) is 4.37 Å². The van der Waals surface area contributed by atoms with Gasteiger partial charge < -0.3 is 0 Å². The maximum Gasteiger partial charge on any atom is 0.289 e. The first-order valence-electron chi connectivity index (χ1n) is 3.19. The van der Waals surface area contributed by atoms with Crippen molar-refractivity contribution in [2.24, 2.45) is 0 Å². The molecule has 7 heteroatoms.